The molecule has 32 heavy (non-hydrogen) atoms. The van der Waals surface area contributed by atoms with Crippen molar-refractivity contribution in [3.8, 4) is 0 Å². The fourth-order valence-electron chi connectivity index (χ4n) is 3.16. The first-order chi connectivity index (χ1) is 15.2. The van der Waals surface area contributed by atoms with Crippen LogP contribution in [0.25, 0.3) is 0 Å². The molecule has 0 saturated carbocycles. The second kappa shape index (κ2) is 9.88. The molecule has 0 spiro atoms. The van der Waals surface area contributed by atoms with Crippen molar-refractivity contribution in [2.45, 2.75) is 10.9 Å². The maximum Gasteiger partial charge on any atom is 0.262 e. The van der Waals surface area contributed by atoms with E-state index in [1.807, 2.05) is 19.0 Å². The fraction of sp³-hybridized carbons (Fsp3) is 0.174. The summed E-state index contributed by atoms with van der Waals surface area (Å²) in [6.45, 7) is 0.180. The molecule has 0 bridgehead atoms. The van der Waals surface area contributed by atoms with E-state index >= 15 is 0 Å². The second-order valence-electron chi connectivity index (χ2n) is 7.36. The number of nitrogens with one attached hydrogen (secondary N) is 2. The van der Waals surface area contributed by atoms with E-state index in [0.29, 0.717) is 5.56 Å². The van der Waals surface area contributed by atoms with Crippen molar-refractivity contribution >= 4 is 21.6 Å². The van der Waals surface area contributed by atoms with Crippen molar-refractivity contribution in [1.82, 2.24) is 10.2 Å². The quantitative estimate of drug-likeness (QED) is 0.537. The van der Waals surface area contributed by atoms with E-state index in [-0.39, 0.29) is 34.6 Å². The minimum atomic E-state index is -4.10. The molecule has 2 N–H and O–H groups in total. The Balaban J connectivity index is 1.75. The molecule has 0 aliphatic heterocycles. The van der Waals surface area contributed by atoms with Crippen molar-refractivity contribution in [2.75, 3.05) is 25.4 Å². The van der Waals surface area contributed by atoms with Crippen LogP contribution in [0.2, 0.25) is 0 Å². The molecular formula is C23H23F2N3O3S. The number of hydrogen-bond donors (Lipinski definition) is 2. The Kier molecular flexibility index (Phi) is 7.22. The van der Waals surface area contributed by atoms with Crippen LogP contribution in [0, 0.1) is 11.6 Å². The normalized spacial score (nSPS) is 12.4. The van der Waals surface area contributed by atoms with E-state index in [0.717, 1.165) is 6.07 Å². The Labute approximate surface area is 185 Å². The third-order valence-electron chi connectivity index (χ3n) is 4.84. The number of sulfonamides is 1. The van der Waals surface area contributed by atoms with Gasteiger partial charge in [0.25, 0.3) is 15.9 Å². The first-order valence-corrected chi connectivity index (χ1v) is 11.2. The Morgan fingerprint density at radius 2 is 1.69 bits per heavy atom. The second-order valence-corrected chi connectivity index (χ2v) is 9.04. The summed E-state index contributed by atoms with van der Waals surface area (Å²) in [6, 6.07) is 16.7. The van der Waals surface area contributed by atoms with Gasteiger partial charge in [0.2, 0.25) is 0 Å². The summed E-state index contributed by atoms with van der Waals surface area (Å²) in [5.74, 6) is -1.57. The van der Waals surface area contributed by atoms with Gasteiger partial charge in [-0.05, 0) is 62.1 Å². The molecule has 9 heteroatoms. The van der Waals surface area contributed by atoms with Crippen molar-refractivity contribution < 1.29 is 22.0 Å². The maximum absolute atomic E-state index is 13.8. The summed E-state index contributed by atoms with van der Waals surface area (Å²) < 4.78 is 54.9. The number of para-hydroxylation sites is 1. The van der Waals surface area contributed by atoms with Crippen LogP contribution in [0.1, 0.15) is 22.0 Å². The van der Waals surface area contributed by atoms with Gasteiger partial charge in [-0.2, -0.15) is 0 Å². The van der Waals surface area contributed by atoms with Gasteiger partial charge in [0, 0.05) is 12.1 Å². The van der Waals surface area contributed by atoms with Crippen LogP contribution in [0.4, 0.5) is 14.5 Å². The molecule has 0 aromatic heterocycles. The summed E-state index contributed by atoms with van der Waals surface area (Å²) in [5, 5.41) is 2.76. The van der Waals surface area contributed by atoms with Gasteiger partial charge in [0.15, 0.2) is 0 Å². The first kappa shape index (κ1) is 23.4. The number of amides is 1. The van der Waals surface area contributed by atoms with Gasteiger partial charge in [-0.1, -0.05) is 30.3 Å². The number of hydrogen-bond acceptors (Lipinski definition) is 4. The first-order valence-electron chi connectivity index (χ1n) is 9.75. The van der Waals surface area contributed by atoms with Gasteiger partial charge in [0.1, 0.15) is 11.6 Å². The van der Waals surface area contributed by atoms with Crippen molar-refractivity contribution in [2.24, 2.45) is 0 Å². The highest BCUT2D eigenvalue weighted by Crippen LogP contribution is 2.21. The lowest BCUT2D eigenvalue weighted by Crippen LogP contribution is -2.34. The predicted octanol–water partition coefficient (Wildman–Crippen LogP) is 3.80. The number of carbonyl (C=O) groups is 1. The molecular weight excluding hydrogens is 436 g/mol. The van der Waals surface area contributed by atoms with E-state index in [1.54, 1.807) is 12.1 Å². The molecule has 0 saturated heterocycles. The highest BCUT2D eigenvalue weighted by atomic mass is 32.2. The number of carbonyl (C=O) groups excluding carboxylic acids is 1. The predicted molar refractivity (Wildman–Crippen MR) is 119 cm³/mol. The minimum absolute atomic E-state index is 0.123. The number of rotatable bonds is 8. The van der Waals surface area contributed by atoms with E-state index < -0.39 is 21.7 Å². The number of halogens is 2. The Hall–Kier alpha value is -3.30. The van der Waals surface area contributed by atoms with Gasteiger partial charge in [-0.15, -0.1) is 0 Å². The monoisotopic (exact) mass is 459 g/mol. The van der Waals surface area contributed by atoms with Crippen LogP contribution in [-0.4, -0.2) is 39.9 Å². The van der Waals surface area contributed by atoms with Crippen molar-refractivity contribution in [1.29, 1.82) is 0 Å². The third-order valence-corrected chi connectivity index (χ3v) is 6.20. The average molecular weight is 460 g/mol. The third kappa shape index (κ3) is 5.68. The van der Waals surface area contributed by atoms with Crippen molar-refractivity contribution in [3.05, 3.63) is 95.6 Å². The summed E-state index contributed by atoms with van der Waals surface area (Å²) in [6.07, 6.45) is 0. The molecule has 0 radical (unpaired) electrons. The smallest absolute Gasteiger partial charge is 0.262 e. The zero-order chi connectivity index (χ0) is 23.3. The molecule has 1 unspecified atom stereocenters. The maximum atomic E-state index is 13.8. The van der Waals surface area contributed by atoms with Crippen LogP contribution in [0.3, 0.4) is 0 Å². The van der Waals surface area contributed by atoms with Crippen LogP contribution >= 0.6 is 0 Å². The largest absolute Gasteiger partial charge is 0.350 e. The van der Waals surface area contributed by atoms with Crippen LogP contribution in [0.15, 0.2) is 77.7 Å². The average Bonchev–Trinajstić information content (AvgIpc) is 2.75. The summed E-state index contributed by atoms with van der Waals surface area (Å²) in [5.41, 5.74) is 0.630. The lowest BCUT2D eigenvalue weighted by molar-refractivity contribution is 0.0941. The zero-order valence-corrected chi connectivity index (χ0v) is 18.4. The molecule has 0 heterocycles. The van der Waals surface area contributed by atoms with Crippen LogP contribution in [0.5, 0.6) is 0 Å². The van der Waals surface area contributed by atoms with E-state index in [1.165, 1.54) is 54.6 Å². The topological polar surface area (TPSA) is 78.5 Å². The summed E-state index contributed by atoms with van der Waals surface area (Å²) >= 11 is 0. The van der Waals surface area contributed by atoms with Gasteiger partial charge >= 0.3 is 0 Å². The molecule has 168 valence electrons. The lowest BCUT2D eigenvalue weighted by atomic mass is 10.1. The Bertz CT molecular complexity index is 1220. The van der Waals surface area contributed by atoms with E-state index in [4.69, 9.17) is 0 Å². The highest BCUT2D eigenvalue weighted by Gasteiger charge is 2.20. The molecule has 6 nitrogen and oxygen atoms in total. The van der Waals surface area contributed by atoms with E-state index in [2.05, 4.69) is 10.0 Å². The highest BCUT2D eigenvalue weighted by molar-refractivity contribution is 7.92. The van der Waals surface area contributed by atoms with Crippen LogP contribution in [-0.2, 0) is 10.0 Å². The Morgan fingerprint density at radius 3 is 2.38 bits per heavy atom. The van der Waals surface area contributed by atoms with Gasteiger partial charge in [-0.25, -0.2) is 17.2 Å². The molecule has 0 aliphatic rings. The molecule has 1 amide bonds. The SMILES string of the molecule is CN(C)C(CNC(=O)c1cccc(S(=O)(=O)Nc2ccccc2F)c1)c1cccc(F)c1. The lowest BCUT2D eigenvalue weighted by Gasteiger charge is -2.25. The minimum Gasteiger partial charge on any atom is -0.350 e. The van der Waals surface area contributed by atoms with Gasteiger partial charge < -0.3 is 10.2 Å². The molecule has 3 aromatic carbocycles. The number of likely N-dealkylation sites (N-methyl/N-ethyl adjacent to an activating group) is 1. The molecule has 1 atom stereocenters. The van der Waals surface area contributed by atoms with Gasteiger partial charge in [-0.3, -0.25) is 9.52 Å². The van der Waals surface area contributed by atoms with Gasteiger partial charge in [0.05, 0.1) is 16.6 Å². The molecule has 3 rings (SSSR count). The van der Waals surface area contributed by atoms with Crippen molar-refractivity contribution in [3.63, 3.8) is 0 Å². The number of nitrogens with zero attached hydrogens (tertiary/aromatic N) is 1. The van der Waals surface area contributed by atoms with E-state index in [9.17, 15) is 22.0 Å². The fourth-order valence-corrected chi connectivity index (χ4v) is 4.27. The number of anilines is 1. The molecule has 0 aliphatic carbocycles. The summed E-state index contributed by atoms with van der Waals surface area (Å²) in [7, 11) is -0.487. The number of benzene rings is 3. The Morgan fingerprint density at radius 1 is 0.969 bits per heavy atom. The zero-order valence-electron chi connectivity index (χ0n) is 17.5. The standard InChI is InChI=1S/C23H23F2N3O3S/c1-28(2)22(16-7-5-9-18(24)13-16)15-26-23(29)17-8-6-10-19(14-17)32(30,31)27-21-12-4-3-11-20(21)25/h3-14,22,27H,15H2,1-2H3,(H,26,29). The summed E-state index contributed by atoms with van der Waals surface area (Å²) in [4.78, 5) is 14.3. The molecule has 3 aromatic rings. The molecule has 0 fully saturated rings. The van der Waals surface area contributed by atoms with Crippen LogP contribution < -0.4 is 10.0 Å².